The Bertz CT molecular complexity index is 491. The number of halogens is 6. The van der Waals surface area contributed by atoms with E-state index in [0.717, 1.165) is 0 Å². The van der Waals surface area contributed by atoms with Crippen molar-refractivity contribution >= 4 is 17.3 Å². The second-order valence-corrected chi connectivity index (χ2v) is 5.25. The average Bonchev–Trinajstić information content (AvgIpc) is 2.86. The molecule has 2 unspecified atom stereocenters. The minimum atomic E-state index is -5.43. The Kier molecular flexibility index (Phi) is 4.31. The van der Waals surface area contributed by atoms with Gasteiger partial charge in [0.15, 0.2) is 11.6 Å². The van der Waals surface area contributed by atoms with E-state index in [0.29, 0.717) is 0 Å². The minimum absolute atomic E-state index is 0.131. The lowest BCUT2D eigenvalue weighted by Gasteiger charge is -2.38. The molecule has 2 aliphatic rings. The van der Waals surface area contributed by atoms with Crippen LogP contribution < -0.4 is 0 Å². The molecule has 0 aromatic rings. The Morgan fingerprint density at radius 2 is 1.22 bits per heavy atom. The largest absolute Gasteiger partial charge is 0.450 e. The van der Waals surface area contributed by atoms with Gasteiger partial charge < -0.3 is 9.47 Å². The molecule has 2 fully saturated rings. The van der Waals surface area contributed by atoms with Crippen molar-refractivity contribution in [2.24, 2.45) is 11.8 Å². The predicted octanol–water partition coefficient (Wildman–Crippen LogP) is 1.59. The fraction of sp³-hybridized carbons (Fsp3) is 0.750. The molecular weight excluding hydrogens is 338 g/mol. The van der Waals surface area contributed by atoms with E-state index in [1.807, 2.05) is 0 Å². The zero-order valence-electron chi connectivity index (χ0n) is 11.3. The third-order valence-electron chi connectivity index (χ3n) is 3.72. The highest BCUT2D eigenvalue weighted by molar-refractivity contribution is 6.14. The first-order chi connectivity index (χ1) is 10.4. The zero-order valence-corrected chi connectivity index (χ0v) is 11.3. The molecule has 11 heteroatoms. The van der Waals surface area contributed by atoms with Crippen LogP contribution in [0.3, 0.4) is 0 Å². The summed E-state index contributed by atoms with van der Waals surface area (Å²) < 4.78 is 85.3. The Balaban J connectivity index is 2.38. The van der Waals surface area contributed by atoms with Crippen molar-refractivity contribution in [2.75, 3.05) is 13.2 Å². The maximum absolute atomic E-state index is 12.6. The summed E-state index contributed by atoms with van der Waals surface area (Å²) >= 11 is 0. The molecule has 0 radical (unpaired) electrons. The molecule has 1 heterocycles. The van der Waals surface area contributed by atoms with Crippen LogP contribution in [0.5, 0.6) is 0 Å². The van der Waals surface area contributed by atoms with Gasteiger partial charge in [-0.25, -0.2) is 0 Å². The van der Waals surface area contributed by atoms with Crippen LogP contribution in [0.25, 0.3) is 0 Å². The lowest BCUT2D eigenvalue weighted by atomic mass is 9.73. The van der Waals surface area contributed by atoms with E-state index in [-0.39, 0.29) is 13.2 Å². The second-order valence-electron chi connectivity index (χ2n) is 5.25. The van der Waals surface area contributed by atoms with Crippen LogP contribution in [-0.4, -0.2) is 48.7 Å². The van der Waals surface area contributed by atoms with Crippen LogP contribution in [-0.2, 0) is 23.9 Å². The lowest BCUT2D eigenvalue weighted by Crippen LogP contribution is -2.54. The summed E-state index contributed by atoms with van der Waals surface area (Å²) in [7, 11) is 0. The van der Waals surface area contributed by atoms with Crippen molar-refractivity contribution in [2.45, 2.75) is 31.0 Å². The number of carbonyl (C=O) groups is 3. The second kappa shape index (κ2) is 5.55. The average molecular weight is 348 g/mol. The predicted molar refractivity (Wildman–Crippen MR) is 58.0 cm³/mol. The third-order valence-corrected chi connectivity index (χ3v) is 3.72. The number of alkyl halides is 6. The van der Waals surface area contributed by atoms with Crippen LogP contribution in [0.15, 0.2) is 0 Å². The Labute approximate surface area is 124 Å². The molecule has 1 aliphatic heterocycles. The number of ether oxygens (including phenoxy) is 2. The van der Waals surface area contributed by atoms with Gasteiger partial charge in [0, 0.05) is 12.8 Å². The van der Waals surface area contributed by atoms with E-state index >= 15 is 0 Å². The minimum Gasteiger partial charge on any atom is -0.347 e. The summed E-state index contributed by atoms with van der Waals surface area (Å²) in [5.41, 5.74) is 0. The monoisotopic (exact) mass is 348 g/mol. The van der Waals surface area contributed by atoms with Crippen molar-refractivity contribution in [3.8, 4) is 0 Å². The first-order valence-electron chi connectivity index (χ1n) is 6.41. The van der Waals surface area contributed by atoms with Gasteiger partial charge in [0.2, 0.25) is 11.6 Å². The maximum Gasteiger partial charge on any atom is 0.450 e. The van der Waals surface area contributed by atoms with Crippen LogP contribution in [0.2, 0.25) is 0 Å². The smallest absolute Gasteiger partial charge is 0.347 e. The van der Waals surface area contributed by atoms with Crippen LogP contribution in [0.1, 0.15) is 12.8 Å². The van der Waals surface area contributed by atoms with Crippen LogP contribution in [0, 0.1) is 11.8 Å². The summed E-state index contributed by atoms with van der Waals surface area (Å²) in [5, 5.41) is 0. The van der Waals surface area contributed by atoms with Gasteiger partial charge >= 0.3 is 12.4 Å². The number of rotatable bonds is 2. The summed E-state index contributed by atoms with van der Waals surface area (Å²) in [6.45, 7) is -0.262. The Morgan fingerprint density at radius 3 is 1.52 bits per heavy atom. The number of hydrogen-bond donors (Lipinski definition) is 0. The molecule has 23 heavy (non-hydrogen) atoms. The van der Waals surface area contributed by atoms with Crippen LogP contribution in [0.4, 0.5) is 26.3 Å². The molecule has 0 amide bonds. The molecular formula is C12H10F6O5. The highest BCUT2D eigenvalue weighted by Crippen LogP contribution is 2.44. The molecule has 2 atom stereocenters. The molecule has 0 aromatic heterocycles. The maximum atomic E-state index is 12.6. The van der Waals surface area contributed by atoms with Crippen molar-refractivity contribution in [3.05, 3.63) is 0 Å². The molecule has 1 saturated heterocycles. The SMILES string of the molecule is O=C1C(C(=O)C(F)(F)F)CC2(CC1C(=O)C(F)(F)F)OCCO2. The van der Waals surface area contributed by atoms with Crippen molar-refractivity contribution in [1.82, 2.24) is 0 Å². The van der Waals surface area contributed by atoms with Gasteiger partial charge in [-0.05, 0) is 0 Å². The van der Waals surface area contributed by atoms with E-state index in [1.165, 1.54) is 0 Å². The van der Waals surface area contributed by atoms with E-state index < -0.39 is 60.2 Å². The number of Topliss-reactive ketones (excluding diaryl/α,β-unsaturated/α-hetero) is 3. The van der Waals surface area contributed by atoms with Gasteiger partial charge in [0.05, 0.1) is 25.0 Å². The van der Waals surface area contributed by atoms with Crippen LogP contribution >= 0.6 is 0 Å². The standard InChI is InChI=1S/C12H10F6O5/c13-11(14,15)8(20)5-3-10(22-1-2-23-10)4-6(7(5)19)9(21)12(16,17)18/h5-6H,1-4H2. The third kappa shape index (κ3) is 3.39. The Hall–Kier alpha value is -1.49. The molecule has 0 N–H and O–H groups in total. The fourth-order valence-corrected chi connectivity index (χ4v) is 2.72. The zero-order chi connectivity index (χ0) is 17.6. The normalized spacial score (nSPS) is 28.2. The molecule has 130 valence electrons. The van der Waals surface area contributed by atoms with Crippen molar-refractivity contribution < 1.29 is 50.2 Å². The topological polar surface area (TPSA) is 69.7 Å². The highest BCUT2D eigenvalue weighted by Gasteiger charge is 2.60. The van der Waals surface area contributed by atoms with Gasteiger partial charge in [-0.1, -0.05) is 0 Å². The number of carbonyl (C=O) groups excluding carboxylic acids is 3. The van der Waals surface area contributed by atoms with Gasteiger partial charge in [-0.2, -0.15) is 26.3 Å². The molecule has 1 saturated carbocycles. The van der Waals surface area contributed by atoms with Crippen molar-refractivity contribution in [1.29, 1.82) is 0 Å². The van der Waals surface area contributed by atoms with E-state index in [4.69, 9.17) is 9.47 Å². The summed E-state index contributed by atoms with van der Waals surface area (Å²) in [4.78, 5) is 34.6. The summed E-state index contributed by atoms with van der Waals surface area (Å²) in [5.74, 6) is -13.6. The molecule has 5 nitrogen and oxygen atoms in total. The van der Waals surface area contributed by atoms with Crippen molar-refractivity contribution in [3.63, 3.8) is 0 Å². The highest BCUT2D eigenvalue weighted by atomic mass is 19.4. The number of hydrogen-bond acceptors (Lipinski definition) is 5. The Morgan fingerprint density at radius 1 is 0.870 bits per heavy atom. The molecule has 0 aromatic carbocycles. The molecule has 1 aliphatic carbocycles. The fourth-order valence-electron chi connectivity index (χ4n) is 2.72. The van der Waals surface area contributed by atoms with E-state index in [9.17, 15) is 40.7 Å². The van der Waals surface area contributed by atoms with Gasteiger partial charge in [0.1, 0.15) is 0 Å². The summed E-state index contributed by atoms with van der Waals surface area (Å²) in [6.07, 6.45) is -12.6. The quantitative estimate of drug-likeness (QED) is 0.560. The van der Waals surface area contributed by atoms with Gasteiger partial charge in [-0.3, -0.25) is 14.4 Å². The molecule has 1 spiro atoms. The first kappa shape index (κ1) is 17.9. The number of ketones is 3. The van der Waals surface area contributed by atoms with Gasteiger partial charge in [0.25, 0.3) is 0 Å². The lowest BCUT2D eigenvalue weighted by molar-refractivity contribution is -0.215. The summed E-state index contributed by atoms with van der Waals surface area (Å²) in [6, 6.07) is 0. The van der Waals surface area contributed by atoms with E-state index in [2.05, 4.69) is 0 Å². The molecule has 0 bridgehead atoms. The molecule has 2 rings (SSSR count). The first-order valence-corrected chi connectivity index (χ1v) is 6.41. The van der Waals surface area contributed by atoms with E-state index in [1.54, 1.807) is 0 Å². The van der Waals surface area contributed by atoms with Gasteiger partial charge in [-0.15, -0.1) is 0 Å².